The summed E-state index contributed by atoms with van der Waals surface area (Å²) in [5.41, 5.74) is -0.185. The lowest BCUT2D eigenvalue weighted by atomic mass is 10.1. The number of aldehydes is 1. The summed E-state index contributed by atoms with van der Waals surface area (Å²) < 4.78 is 10.3. The van der Waals surface area contributed by atoms with E-state index in [0.29, 0.717) is 12.0 Å². The third-order valence-electron chi connectivity index (χ3n) is 2.44. The van der Waals surface area contributed by atoms with Gasteiger partial charge in [-0.1, -0.05) is 0 Å². The topological polar surface area (TPSA) is 76.7 Å². The minimum atomic E-state index is -0.316. The fraction of sp³-hybridized carbons (Fsp3) is 0.167. The molecule has 0 saturated carbocycles. The number of aromatic hydroxyl groups is 1. The fourth-order valence-corrected chi connectivity index (χ4v) is 1.74. The smallest absolute Gasteiger partial charge is 0.196 e. The summed E-state index contributed by atoms with van der Waals surface area (Å²) in [7, 11) is 1.32. The number of aryl methyl sites for hydroxylation is 1. The van der Waals surface area contributed by atoms with E-state index in [9.17, 15) is 14.7 Å². The standard InChI is InChI=1S/C12H10O5/c1-6-3-9(15)11-10(17-6)4-8(14)7(5-13)12(11)16-2/h3-5,14H,1-2H3. The number of methoxy groups -OCH3 is 1. The second-order valence-corrected chi connectivity index (χ2v) is 3.55. The summed E-state index contributed by atoms with van der Waals surface area (Å²) >= 11 is 0. The van der Waals surface area contributed by atoms with Gasteiger partial charge in [-0.2, -0.15) is 0 Å². The molecule has 0 aliphatic heterocycles. The van der Waals surface area contributed by atoms with Gasteiger partial charge in [-0.25, -0.2) is 0 Å². The predicted molar refractivity (Wildman–Crippen MR) is 60.8 cm³/mol. The maximum atomic E-state index is 11.8. The van der Waals surface area contributed by atoms with Gasteiger partial charge in [0.1, 0.15) is 28.2 Å². The fourth-order valence-electron chi connectivity index (χ4n) is 1.74. The van der Waals surface area contributed by atoms with E-state index in [1.54, 1.807) is 6.92 Å². The molecule has 1 N–H and O–H groups in total. The van der Waals surface area contributed by atoms with Crippen LogP contribution in [0.25, 0.3) is 11.0 Å². The molecule has 5 nitrogen and oxygen atoms in total. The van der Waals surface area contributed by atoms with Crippen LogP contribution in [-0.2, 0) is 0 Å². The van der Waals surface area contributed by atoms with Gasteiger partial charge in [0.15, 0.2) is 11.7 Å². The van der Waals surface area contributed by atoms with Gasteiger partial charge in [-0.3, -0.25) is 9.59 Å². The Morgan fingerprint density at radius 3 is 2.71 bits per heavy atom. The van der Waals surface area contributed by atoms with Crippen molar-refractivity contribution >= 4 is 17.3 Å². The van der Waals surface area contributed by atoms with Crippen LogP contribution in [-0.4, -0.2) is 18.5 Å². The van der Waals surface area contributed by atoms with Crippen molar-refractivity contribution < 1.29 is 19.1 Å². The molecule has 1 heterocycles. The monoisotopic (exact) mass is 234 g/mol. The van der Waals surface area contributed by atoms with Gasteiger partial charge >= 0.3 is 0 Å². The zero-order chi connectivity index (χ0) is 12.6. The molecule has 0 spiro atoms. The van der Waals surface area contributed by atoms with Crippen LogP contribution in [0.5, 0.6) is 11.5 Å². The molecule has 0 amide bonds. The maximum Gasteiger partial charge on any atom is 0.196 e. The van der Waals surface area contributed by atoms with Crippen LogP contribution in [0.15, 0.2) is 21.3 Å². The Labute approximate surface area is 96.2 Å². The van der Waals surface area contributed by atoms with Gasteiger partial charge < -0.3 is 14.3 Å². The third kappa shape index (κ3) is 1.65. The largest absolute Gasteiger partial charge is 0.507 e. The van der Waals surface area contributed by atoms with Gasteiger partial charge in [0, 0.05) is 12.1 Å². The summed E-state index contributed by atoms with van der Waals surface area (Å²) in [6, 6.07) is 2.53. The van der Waals surface area contributed by atoms with E-state index < -0.39 is 0 Å². The van der Waals surface area contributed by atoms with Gasteiger partial charge in [0.25, 0.3) is 0 Å². The Hall–Kier alpha value is -2.30. The quantitative estimate of drug-likeness (QED) is 0.799. The van der Waals surface area contributed by atoms with Crippen LogP contribution in [0.2, 0.25) is 0 Å². The zero-order valence-electron chi connectivity index (χ0n) is 9.31. The number of phenols is 1. The Morgan fingerprint density at radius 1 is 1.41 bits per heavy atom. The lowest BCUT2D eigenvalue weighted by molar-refractivity contribution is 0.111. The highest BCUT2D eigenvalue weighted by molar-refractivity contribution is 5.96. The molecular formula is C12H10O5. The first kappa shape index (κ1) is 11.2. The molecule has 5 heteroatoms. The molecule has 0 bridgehead atoms. The van der Waals surface area contributed by atoms with Crippen molar-refractivity contribution in [1.29, 1.82) is 0 Å². The minimum absolute atomic E-state index is 0.0313. The maximum absolute atomic E-state index is 11.8. The van der Waals surface area contributed by atoms with E-state index in [4.69, 9.17) is 9.15 Å². The number of fused-ring (bicyclic) bond motifs is 1. The molecule has 1 aromatic heterocycles. The number of rotatable bonds is 2. The average molecular weight is 234 g/mol. The van der Waals surface area contributed by atoms with Gasteiger partial charge in [0.2, 0.25) is 0 Å². The first-order chi connectivity index (χ1) is 8.08. The van der Waals surface area contributed by atoms with Crippen molar-refractivity contribution in [3.05, 3.63) is 33.7 Å². The molecule has 2 rings (SSSR count). The van der Waals surface area contributed by atoms with E-state index in [1.807, 2.05) is 0 Å². The van der Waals surface area contributed by atoms with Crippen LogP contribution < -0.4 is 10.2 Å². The highest BCUT2D eigenvalue weighted by Gasteiger charge is 2.17. The van der Waals surface area contributed by atoms with Crippen LogP contribution >= 0.6 is 0 Å². The molecule has 0 aliphatic rings. The van der Waals surface area contributed by atoms with E-state index in [-0.39, 0.29) is 33.5 Å². The Bertz CT molecular complexity index is 654. The molecule has 88 valence electrons. The zero-order valence-corrected chi connectivity index (χ0v) is 9.31. The van der Waals surface area contributed by atoms with Crippen molar-refractivity contribution in [1.82, 2.24) is 0 Å². The molecule has 0 saturated heterocycles. The number of carbonyl (C=O) groups is 1. The minimum Gasteiger partial charge on any atom is -0.507 e. The summed E-state index contributed by atoms with van der Waals surface area (Å²) in [5, 5.41) is 9.78. The van der Waals surface area contributed by atoms with Crippen molar-refractivity contribution in [3.63, 3.8) is 0 Å². The molecule has 0 radical (unpaired) electrons. The SMILES string of the molecule is COc1c(C=O)c(O)cc2oc(C)cc(=O)c12. The second-order valence-electron chi connectivity index (χ2n) is 3.55. The molecular weight excluding hydrogens is 224 g/mol. The Morgan fingerprint density at radius 2 is 2.12 bits per heavy atom. The first-order valence-electron chi connectivity index (χ1n) is 4.88. The Kier molecular flexibility index (Phi) is 2.59. The number of carbonyl (C=O) groups excluding carboxylic acids is 1. The van der Waals surface area contributed by atoms with Crippen LogP contribution in [0.3, 0.4) is 0 Å². The van der Waals surface area contributed by atoms with E-state index in [1.165, 1.54) is 19.2 Å². The molecule has 0 aliphatic carbocycles. The summed E-state index contributed by atoms with van der Waals surface area (Å²) in [6.07, 6.45) is 0.437. The van der Waals surface area contributed by atoms with Gasteiger partial charge in [-0.05, 0) is 6.92 Å². The average Bonchev–Trinajstić information content (AvgIpc) is 2.26. The number of hydrogen-bond donors (Lipinski definition) is 1. The van der Waals surface area contributed by atoms with E-state index >= 15 is 0 Å². The van der Waals surface area contributed by atoms with Crippen LogP contribution in [0, 0.1) is 6.92 Å². The van der Waals surface area contributed by atoms with Crippen molar-refractivity contribution in [3.8, 4) is 11.5 Å². The lowest BCUT2D eigenvalue weighted by Crippen LogP contribution is -2.04. The van der Waals surface area contributed by atoms with E-state index in [0.717, 1.165) is 0 Å². The third-order valence-corrected chi connectivity index (χ3v) is 2.44. The molecule has 1 aromatic carbocycles. The molecule has 17 heavy (non-hydrogen) atoms. The van der Waals surface area contributed by atoms with Gasteiger partial charge in [-0.15, -0.1) is 0 Å². The number of phenolic OH excluding ortho intramolecular Hbond substituents is 1. The van der Waals surface area contributed by atoms with Crippen molar-refractivity contribution in [2.75, 3.05) is 7.11 Å². The Balaban J connectivity index is 3.04. The second kappa shape index (κ2) is 3.93. The van der Waals surface area contributed by atoms with E-state index in [2.05, 4.69) is 0 Å². The number of benzene rings is 1. The molecule has 2 aromatic rings. The predicted octanol–water partition coefficient (Wildman–Crippen LogP) is 1.63. The lowest BCUT2D eigenvalue weighted by Gasteiger charge is -2.09. The first-order valence-corrected chi connectivity index (χ1v) is 4.88. The van der Waals surface area contributed by atoms with Crippen molar-refractivity contribution in [2.45, 2.75) is 6.92 Å². The highest BCUT2D eigenvalue weighted by Crippen LogP contribution is 2.33. The van der Waals surface area contributed by atoms with Gasteiger partial charge in [0.05, 0.1) is 12.7 Å². The molecule has 0 atom stereocenters. The summed E-state index contributed by atoms with van der Waals surface area (Å²) in [6.45, 7) is 1.62. The highest BCUT2D eigenvalue weighted by atomic mass is 16.5. The molecule has 0 fully saturated rings. The van der Waals surface area contributed by atoms with Crippen LogP contribution in [0.1, 0.15) is 16.1 Å². The van der Waals surface area contributed by atoms with Crippen LogP contribution in [0.4, 0.5) is 0 Å². The number of ether oxygens (including phenoxy) is 1. The number of hydrogen-bond acceptors (Lipinski definition) is 5. The van der Waals surface area contributed by atoms with Crippen molar-refractivity contribution in [2.24, 2.45) is 0 Å². The summed E-state index contributed by atoms with van der Waals surface area (Å²) in [5.74, 6) is 0.171. The normalized spacial score (nSPS) is 10.5. The summed E-state index contributed by atoms with van der Waals surface area (Å²) in [4.78, 5) is 22.7. The molecule has 0 unspecified atom stereocenters.